The van der Waals surface area contributed by atoms with Crippen LogP contribution in [-0.4, -0.2) is 143 Å². The van der Waals surface area contributed by atoms with E-state index in [-0.39, 0.29) is 24.3 Å². The molecule has 20 nitrogen and oxygen atoms in total. The second-order valence-corrected chi connectivity index (χ2v) is 13.1. The molecule has 0 spiro atoms. The maximum Gasteiger partial charge on any atom is 0.326 e. The number of nitrogens with one attached hydrogen (secondary N) is 6. The third-order valence-electron chi connectivity index (χ3n) is 7.96. The molecule has 0 aromatic carbocycles. The van der Waals surface area contributed by atoms with Gasteiger partial charge < -0.3 is 70.2 Å². The normalized spacial score (nSPS) is 15.6. The van der Waals surface area contributed by atoms with Crippen LogP contribution in [0.3, 0.4) is 0 Å². The van der Waals surface area contributed by atoms with Crippen LogP contribution < -0.4 is 54.8 Å². The summed E-state index contributed by atoms with van der Waals surface area (Å²) in [5.41, 5.74) is 22.4. The highest BCUT2D eigenvalue weighted by atomic mass is 32.1. The van der Waals surface area contributed by atoms with E-state index in [1.165, 1.54) is 6.92 Å². The topological polar surface area (TPSA) is 356 Å². The number of aliphatic carboxylic acids is 1. The molecule has 0 bridgehead atoms. The number of aliphatic hydroxyl groups excluding tert-OH is 2. The van der Waals surface area contributed by atoms with Crippen molar-refractivity contribution in [2.75, 3.05) is 37.7 Å². The van der Waals surface area contributed by atoms with E-state index in [0.29, 0.717) is 64.6 Å². The Hall–Kier alpha value is -3.25. The largest absolute Gasteiger partial charge is 0.480 e. The fraction of sp³-hybridized carbons (Fsp3) is 0.774. The van der Waals surface area contributed by atoms with Crippen LogP contribution in [0.25, 0.3) is 0 Å². The van der Waals surface area contributed by atoms with E-state index in [1.54, 1.807) is 0 Å². The van der Waals surface area contributed by atoms with Gasteiger partial charge in [0, 0.05) is 11.5 Å². The molecular weight excluding hydrogens is 737 g/mol. The molecular formula is C31H60N10O10S2. The Labute approximate surface area is 320 Å². The SMILES string of the molecule is C[C@@H](O)[C@H](NC(=O)[C@@H](N)CCCCN)C(=O)N[C@@H](CS)C(=O)N[C@@H](CS)C(=O)N[C@@H](CO)C(=O)N[C@@H](CCCCN)C(=O)N[C@@H](CCCCN)C(=O)O. The number of nitrogens with two attached hydrogens (primary N) is 4. The van der Waals surface area contributed by atoms with Crippen molar-refractivity contribution in [2.45, 2.75) is 113 Å². The molecule has 0 saturated heterocycles. The summed E-state index contributed by atoms with van der Waals surface area (Å²) in [7, 11) is 0. The minimum Gasteiger partial charge on any atom is -0.480 e. The monoisotopic (exact) mass is 796 g/mol. The summed E-state index contributed by atoms with van der Waals surface area (Å²) >= 11 is 8.19. The number of unbranched alkanes of at least 4 members (excludes halogenated alkanes) is 3. The molecule has 0 radical (unpaired) electrons. The molecule has 0 saturated carbocycles. The Morgan fingerprint density at radius 2 is 0.925 bits per heavy atom. The number of aliphatic hydroxyl groups is 2. The minimum absolute atomic E-state index is 0.0728. The molecule has 17 N–H and O–H groups in total. The van der Waals surface area contributed by atoms with Gasteiger partial charge in [-0.15, -0.1) is 0 Å². The lowest BCUT2D eigenvalue weighted by Crippen LogP contribution is -2.62. The van der Waals surface area contributed by atoms with Gasteiger partial charge >= 0.3 is 5.97 Å². The molecule has 306 valence electrons. The van der Waals surface area contributed by atoms with Crippen LogP contribution >= 0.6 is 25.3 Å². The molecule has 0 aromatic rings. The molecule has 0 heterocycles. The van der Waals surface area contributed by atoms with E-state index < -0.39 is 96.4 Å². The summed E-state index contributed by atoms with van der Waals surface area (Å²) in [6.07, 6.45) is 2.15. The number of hydrogen-bond acceptors (Lipinski definition) is 15. The predicted molar refractivity (Wildman–Crippen MR) is 202 cm³/mol. The molecule has 0 aliphatic heterocycles. The van der Waals surface area contributed by atoms with Crippen LogP contribution in [0.4, 0.5) is 0 Å². The van der Waals surface area contributed by atoms with Crippen molar-refractivity contribution in [3.05, 3.63) is 0 Å². The minimum atomic E-state index is -1.61. The van der Waals surface area contributed by atoms with Gasteiger partial charge in [0.2, 0.25) is 35.4 Å². The fourth-order valence-electron chi connectivity index (χ4n) is 4.75. The van der Waals surface area contributed by atoms with Gasteiger partial charge in [-0.3, -0.25) is 28.8 Å². The van der Waals surface area contributed by atoms with Crippen molar-refractivity contribution in [3.63, 3.8) is 0 Å². The lowest BCUT2D eigenvalue weighted by Gasteiger charge is -2.27. The lowest BCUT2D eigenvalue weighted by atomic mass is 10.1. The van der Waals surface area contributed by atoms with Crippen LogP contribution in [0.5, 0.6) is 0 Å². The maximum absolute atomic E-state index is 13.2. The maximum atomic E-state index is 13.2. The van der Waals surface area contributed by atoms with Crippen LogP contribution in [0.15, 0.2) is 0 Å². The third kappa shape index (κ3) is 19.6. The number of amides is 6. The van der Waals surface area contributed by atoms with E-state index in [1.807, 2.05) is 0 Å². The van der Waals surface area contributed by atoms with E-state index in [2.05, 4.69) is 57.2 Å². The molecule has 22 heteroatoms. The standard InChI is InChI=1S/C31H60N10O10S2/c1-17(43)24(41-25(44)18(35)8-2-5-11-32)30(49)40-23(16-53)29(48)39-22(15-52)28(47)38-21(14-42)27(46)36-19(9-3-6-12-33)26(45)37-20(31(50)51)10-4-7-13-34/h17-24,42-43,52-53H,2-16,32-35H2,1H3,(H,36,46)(H,37,45)(H,38,47)(H,39,48)(H,40,49)(H,41,44)(H,50,51)/t17-,18+,19+,20+,21+,22+,23+,24+/m1/s1. The number of carboxylic acid groups (broad SMARTS) is 1. The number of thiol groups is 2. The van der Waals surface area contributed by atoms with Crippen molar-refractivity contribution in [3.8, 4) is 0 Å². The Balaban J connectivity index is 5.63. The van der Waals surface area contributed by atoms with Gasteiger partial charge in [-0.25, -0.2) is 4.79 Å². The van der Waals surface area contributed by atoms with E-state index >= 15 is 0 Å². The first-order valence-corrected chi connectivity index (χ1v) is 18.8. The van der Waals surface area contributed by atoms with Gasteiger partial charge in [-0.05, 0) is 77.9 Å². The highest BCUT2D eigenvalue weighted by Gasteiger charge is 2.34. The quantitative estimate of drug-likeness (QED) is 0.0249. The average Bonchev–Trinajstić information content (AvgIpc) is 3.12. The summed E-state index contributed by atoms with van der Waals surface area (Å²) < 4.78 is 0. The molecule has 0 unspecified atom stereocenters. The van der Waals surface area contributed by atoms with Gasteiger partial charge in [0.05, 0.1) is 18.8 Å². The molecule has 53 heavy (non-hydrogen) atoms. The smallest absolute Gasteiger partial charge is 0.326 e. The molecule has 0 fully saturated rings. The van der Waals surface area contributed by atoms with Crippen LogP contribution in [0, 0.1) is 0 Å². The van der Waals surface area contributed by atoms with Crippen LogP contribution in [-0.2, 0) is 33.6 Å². The van der Waals surface area contributed by atoms with E-state index in [9.17, 15) is 48.9 Å². The zero-order valence-electron chi connectivity index (χ0n) is 30.1. The van der Waals surface area contributed by atoms with E-state index in [4.69, 9.17) is 22.9 Å². The summed E-state index contributed by atoms with van der Waals surface area (Å²) in [5.74, 6) is -7.11. The summed E-state index contributed by atoms with van der Waals surface area (Å²) in [6, 6.07) is -9.32. The second kappa shape index (κ2) is 28.2. The number of hydrogen-bond donors (Lipinski definition) is 15. The first kappa shape index (κ1) is 49.8. The van der Waals surface area contributed by atoms with Gasteiger partial charge in [0.1, 0.15) is 36.3 Å². The van der Waals surface area contributed by atoms with Crippen molar-refractivity contribution in [1.29, 1.82) is 0 Å². The van der Waals surface area contributed by atoms with Gasteiger partial charge in [0.25, 0.3) is 0 Å². The Bertz CT molecular complexity index is 1170. The summed E-state index contributed by atoms with van der Waals surface area (Å²) in [5, 5.41) is 43.9. The highest BCUT2D eigenvalue weighted by molar-refractivity contribution is 7.80. The summed E-state index contributed by atoms with van der Waals surface area (Å²) in [6.45, 7) is 1.39. The lowest BCUT2D eigenvalue weighted by molar-refractivity contribution is -0.142. The fourth-order valence-corrected chi connectivity index (χ4v) is 5.26. The molecule has 8 atom stereocenters. The summed E-state index contributed by atoms with van der Waals surface area (Å²) in [4.78, 5) is 89.7. The predicted octanol–water partition coefficient (Wildman–Crippen LogP) is -5.07. The number of carbonyl (C=O) groups excluding carboxylic acids is 6. The van der Waals surface area contributed by atoms with Gasteiger partial charge in [0.15, 0.2) is 0 Å². The number of carbonyl (C=O) groups is 7. The van der Waals surface area contributed by atoms with Gasteiger partial charge in [-0.2, -0.15) is 25.3 Å². The first-order valence-electron chi connectivity index (χ1n) is 17.5. The first-order chi connectivity index (χ1) is 25.1. The third-order valence-corrected chi connectivity index (χ3v) is 8.69. The van der Waals surface area contributed by atoms with Crippen molar-refractivity contribution >= 4 is 66.7 Å². The average molecular weight is 797 g/mol. The van der Waals surface area contributed by atoms with E-state index in [0.717, 1.165) is 0 Å². The molecule has 0 aliphatic rings. The molecule has 6 amide bonds. The number of rotatable bonds is 29. The van der Waals surface area contributed by atoms with Crippen LogP contribution in [0.1, 0.15) is 64.7 Å². The van der Waals surface area contributed by atoms with Crippen molar-refractivity contribution in [1.82, 2.24) is 31.9 Å². The Morgan fingerprint density at radius 1 is 0.547 bits per heavy atom. The molecule has 0 rings (SSSR count). The number of carboxylic acids is 1. The van der Waals surface area contributed by atoms with Gasteiger partial charge in [-0.1, -0.05) is 6.42 Å². The molecule has 0 aromatic heterocycles. The van der Waals surface area contributed by atoms with Crippen molar-refractivity contribution in [2.24, 2.45) is 22.9 Å². The zero-order chi connectivity index (χ0) is 40.5. The van der Waals surface area contributed by atoms with Crippen LogP contribution in [0.2, 0.25) is 0 Å². The zero-order valence-corrected chi connectivity index (χ0v) is 31.9. The molecule has 0 aliphatic carbocycles. The Kier molecular flexibility index (Phi) is 26.5. The Morgan fingerprint density at radius 3 is 1.36 bits per heavy atom. The second-order valence-electron chi connectivity index (χ2n) is 12.4. The van der Waals surface area contributed by atoms with Crippen molar-refractivity contribution < 1.29 is 48.9 Å². The highest BCUT2D eigenvalue weighted by Crippen LogP contribution is 2.07.